The molecule has 1 fully saturated rings. The quantitative estimate of drug-likeness (QED) is 0.706. The van der Waals surface area contributed by atoms with Crippen molar-refractivity contribution in [2.24, 2.45) is 5.92 Å². The Balaban J connectivity index is 1.76. The molecule has 2 aromatic carbocycles. The number of nitrogens with zero attached hydrogens (tertiary/aromatic N) is 1. The van der Waals surface area contributed by atoms with Crippen molar-refractivity contribution in [2.45, 2.75) is 51.2 Å². The van der Waals surface area contributed by atoms with Crippen LogP contribution in [0.3, 0.4) is 0 Å². The molecule has 2 aromatic rings. The predicted molar refractivity (Wildman–Crippen MR) is 115 cm³/mol. The van der Waals surface area contributed by atoms with Gasteiger partial charge in [-0.3, -0.25) is 4.79 Å². The van der Waals surface area contributed by atoms with Gasteiger partial charge in [0.05, 0.1) is 12.1 Å². The number of carbonyl (C=O) groups is 1. The largest absolute Gasteiger partial charge is 0.393 e. The van der Waals surface area contributed by atoms with E-state index >= 15 is 0 Å². The van der Waals surface area contributed by atoms with E-state index in [2.05, 4.69) is 41.5 Å². The maximum absolute atomic E-state index is 12.2. The van der Waals surface area contributed by atoms with Gasteiger partial charge in [0.1, 0.15) is 0 Å². The molecule has 0 bridgehead atoms. The van der Waals surface area contributed by atoms with Crippen LogP contribution >= 0.6 is 0 Å². The normalized spacial score (nSPS) is 20.0. The molecular formula is C24H32N2O2. The van der Waals surface area contributed by atoms with Crippen LogP contribution in [0.1, 0.15) is 61.0 Å². The van der Waals surface area contributed by atoms with Crippen molar-refractivity contribution in [3.63, 3.8) is 0 Å². The molecule has 0 aliphatic heterocycles. The lowest BCUT2D eigenvalue weighted by atomic mass is 9.92. The van der Waals surface area contributed by atoms with Gasteiger partial charge in [0, 0.05) is 24.8 Å². The lowest BCUT2D eigenvalue weighted by molar-refractivity contribution is 0.0953. The average Bonchev–Trinajstić information content (AvgIpc) is 3.15. The van der Waals surface area contributed by atoms with Crippen molar-refractivity contribution in [2.75, 3.05) is 18.5 Å². The second-order valence-electron chi connectivity index (χ2n) is 7.91. The van der Waals surface area contributed by atoms with E-state index in [9.17, 15) is 9.90 Å². The van der Waals surface area contributed by atoms with Gasteiger partial charge in [-0.15, -0.1) is 0 Å². The van der Waals surface area contributed by atoms with Gasteiger partial charge in [-0.05, 0) is 67.9 Å². The molecule has 3 rings (SSSR count). The molecule has 3 atom stereocenters. The van der Waals surface area contributed by atoms with Crippen LogP contribution in [-0.4, -0.2) is 30.7 Å². The molecule has 0 saturated heterocycles. The number of aliphatic hydroxyl groups excluding tert-OH is 1. The number of amides is 1. The van der Waals surface area contributed by atoms with Crippen molar-refractivity contribution in [1.82, 2.24) is 5.32 Å². The van der Waals surface area contributed by atoms with Gasteiger partial charge < -0.3 is 15.3 Å². The second-order valence-corrected chi connectivity index (χ2v) is 7.91. The molecule has 0 radical (unpaired) electrons. The minimum Gasteiger partial charge on any atom is -0.393 e. The predicted octanol–water partition coefficient (Wildman–Crippen LogP) is 4.56. The van der Waals surface area contributed by atoms with Crippen LogP contribution in [0.2, 0.25) is 0 Å². The molecule has 4 nitrogen and oxygen atoms in total. The van der Waals surface area contributed by atoms with Gasteiger partial charge in [0.2, 0.25) is 0 Å². The summed E-state index contributed by atoms with van der Waals surface area (Å²) in [4.78, 5) is 14.5. The Bertz CT molecular complexity index is 745. The topological polar surface area (TPSA) is 52.6 Å². The van der Waals surface area contributed by atoms with E-state index in [4.69, 9.17) is 0 Å². The maximum Gasteiger partial charge on any atom is 0.251 e. The van der Waals surface area contributed by atoms with Crippen molar-refractivity contribution in [1.29, 1.82) is 0 Å². The zero-order chi connectivity index (χ0) is 19.9. The molecule has 28 heavy (non-hydrogen) atoms. The monoisotopic (exact) mass is 380 g/mol. The standard InChI is InChI=1S/C24H32N2O2/c1-3-15-25-24(28)20-10-12-21(13-11-20)26(2)23(19-7-5-4-6-8-19)17-18-9-14-22(27)16-18/h4-8,10-13,18,22-23,27H,3,9,14-17H2,1-2H3,(H,25,28)/t18?,22-,23+/m0/s1. The lowest BCUT2D eigenvalue weighted by Crippen LogP contribution is -2.27. The fourth-order valence-electron chi connectivity index (χ4n) is 4.14. The summed E-state index contributed by atoms with van der Waals surface area (Å²) >= 11 is 0. The molecule has 1 aliphatic rings. The van der Waals surface area contributed by atoms with Crippen LogP contribution in [0.5, 0.6) is 0 Å². The summed E-state index contributed by atoms with van der Waals surface area (Å²) in [5.74, 6) is 0.525. The molecule has 1 unspecified atom stereocenters. The van der Waals surface area contributed by atoms with Crippen LogP contribution in [0.15, 0.2) is 54.6 Å². The molecular weight excluding hydrogens is 348 g/mol. The summed E-state index contributed by atoms with van der Waals surface area (Å²) in [6, 6.07) is 18.7. The summed E-state index contributed by atoms with van der Waals surface area (Å²) in [6.07, 6.45) is 4.71. The number of rotatable bonds is 8. The van der Waals surface area contributed by atoms with Crippen molar-refractivity contribution in [3.05, 3.63) is 65.7 Å². The molecule has 4 heteroatoms. The Kier molecular flexibility index (Phi) is 7.10. The molecule has 1 aliphatic carbocycles. The summed E-state index contributed by atoms with van der Waals surface area (Å²) in [5.41, 5.74) is 3.08. The number of benzene rings is 2. The van der Waals surface area contributed by atoms with E-state index in [0.29, 0.717) is 18.0 Å². The highest BCUT2D eigenvalue weighted by Gasteiger charge is 2.28. The molecule has 1 amide bonds. The zero-order valence-electron chi connectivity index (χ0n) is 17.0. The third kappa shape index (κ3) is 5.14. The smallest absolute Gasteiger partial charge is 0.251 e. The number of carbonyl (C=O) groups excluding carboxylic acids is 1. The van der Waals surface area contributed by atoms with Gasteiger partial charge in [-0.2, -0.15) is 0 Å². The summed E-state index contributed by atoms with van der Waals surface area (Å²) < 4.78 is 0. The van der Waals surface area contributed by atoms with Gasteiger partial charge in [0.25, 0.3) is 5.91 Å². The highest BCUT2D eigenvalue weighted by atomic mass is 16.3. The number of nitrogens with one attached hydrogen (secondary N) is 1. The summed E-state index contributed by atoms with van der Waals surface area (Å²) in [6.45, 7) is 2.75. The molecule has 150 valence electrons. The van der Waals surface area contributed by atoms with Crippen LogP contribution < -0.4 is 10.2 Å². The molecule has 1 saturated carbocycles. The highest BCUT2D eigenvalue weighted by molar-refractivity contribution is 5.94. The third-order valence-corrected chi connectivity index (χ3v) is 5.79. The third-order valence-electron chi connectivity index (χ3n) is 5.79. The molecule has 2 N–H and O–H groups in total. The fraction of sp³-hybridized carbons (Fsp3) is 0.458. The maximum atomic E-state index is 12.2. The lowest BCUT2D eigenvalue weighted by Gasteiger charge is -2.32. The fourth-order valence-corrected chi connectivity index (χ4v) is 4.14. The highest BCUT2D eigenvalue weighted by Crippen LogP contribution is 2.37. The van der Waals surface area contributed by atoms with E-state index in [1.165, 1.54) is 5.56 Å². The molecule has 0 aromatic heterocycles. The first-order valence-electron chi connectivity index (χ1n) is 10.4. The minimum atomic E-state index is -0.146. The molecule has 0 spiro atoms. The Morgan fingerprint density at radius 2 is 1.86 bits per heavy atom. The van der Waals surface area contributed by atoms with Gasteiger partial charge in [-0.1, -0.05) is 37.3 Å². The van der Waals surface area contributed by atoms with Crippen molar-refractivity contribution in [3.8, 4) is 0 Å². The average molecular weight is 381 g/mol. The number of anilines is 1. The van der Waals surface area contributed by atoms with E-state index < -0.39 is 0 Å². The van der Waals surface area contributed by atoms with E-state index in [0.717, 1.165) is 37.8 Å². The number of aliphatic hydroxyl groups is 1. The van der Waals surface area contributed by atoms with Gasteiger partial charge in [-0.25, -0.2) is 0 Å². The Morgan fingerprint density at radius 1 is 1.14 bits per heavy atom. The Hall–Kier alpha value is -2.33. The van der Waals surface area contributed by atoms with E-state index in [-0.39, 0.29) is 18.1 Å². The van der Waals surface area contributed by atoms with Crippen molar-refractivity contribution < 1.29 is 9.90 Å². The number of hydrogen-bond acceptors (Lipinski definition) is 3. The van der Waals surface area contributed by atoms with Crippen LogP contribution in [0.25, 0.3) is 0 Å². The summed E-state index contributed by atoms with van der Waals surface area (Å²) in [7, 11) is 2.12. The van der Waals surface area contributed by atoms with E-state index in [1.807, 2.05) is 37.3 Å². The van der Waals surface area contributed by atoms with Crippen LogP contribution in [0, 0.1) is 5.92 Å². The van der Waals surface area contributed by atoms with E-state index in [1.54, 1.807) is 0 Å². The Morgan fingerprint density at radius 3 is 2.46 bits per heavy atom. The first-order chi connectivity index (χ1) is 13.6. The molecule has 0 heterocycles. The van der Waals surface area contributed by atoms with Crippen molar-refractivity contribution >= 4 is 11.6 Å². The first kappa shape index (κ1) is 20.4. The number of hydrogen-bond donors (Lipinski definition) is 2. The van der Waals surface area contributed by atoms with Gasteiger partial charge in [0.15, 0.2) is 0 Å². The minimum absolute atomic E-state index is 0.0180. The van der Waals surface area contributed by atoms with Crippen LogP contribution in [0.4, 0.5) is 5.69 Å². The summed E-state index contributed by atoms with van der Waals surface area (Å²) in [5, 5.41) is 12.9. The SMILES string of the molecule is CCCNC(=O)c1ccc(N(C)[C@H](CC2CC[C@H](O)C2)c2ccccc2)cc1. The zero-order valence-corrected chi connectivity index (χ0v) is 17.0. The second kappa shape index (κ2) is 9.74. The van der Waals surface area contributed by atoms with Crippen LogP contribution in [-0.2, 0) is 0 Å². The first-order valence-corrected chi connectivity index (χ1v) is 10.4. The Labute approximate surface area is 168 Å². The van der Waals surface area contributed by atoms with Gasteiger partial charge >= 0.3 is 0 Å².